The lowest BCUT2D eigenvalue weighted by Gasteiger charge is -2.21. The third-order valence-corrected chi connectivity index (χ3v) is 3.33. The number of pyridine rings is 2. The molecule has 2 aromatic heterocycles. The number of anilines is 1. The van der Waals surface area contributed by atoms with E-state index in [9.17, 15) is 14.3 Å². The largest absolute Gasteiger partial charge is 0.480 e. The molecule has 20 heavy (non-hydrogen) atoms. The Hall–Kier alpha value is -2.24. The van der Waals surface area contributed by atoms with Crippen molar-refractivity contribution in [3.05, 3.63) is 30.3 Å². The van der Waals surface area contributed by atoms with Gasteiger partial charge in [-0.1, -0.05) is 20.3 Å². The van der Waals surface area contributed by atoms with Gasteiger partial charge in [-0.3, -0.25) is 4.98 Å². The predicted octanol–water partition coefficient (Wildman–Crippen LogP) is 2.68. The molecule has 0 aromatic carbocycles. The highest BCUT2D eigenvalue weighted by Crippen LogP contribution is 2.22. The average molecular weight is 277 g/mol. The van der Waals surface area contributed by atoms with Gasteiger partial charge in [-0.05, 0) is 12.0 Å². The second-order valence-electron chi connectivity index (χ2n) is 4.73. The molecule has 106 valence electrons. The Kier molecular flexibility index (Phi) is 4.12. The van der Waals surface area contributed by atoms with Gasteiger partial charge in [0.25, 0.3) is 0 Å². The first-order valence-corrected chi connectivity index (χ1v) is 6.42. The molecule has 0 saturated carbocycles. The molecule has 2 rings (SSSR count). The topological polar surface area (TPSA) is 75.1 Å². The number of hydrogen-bond donors (Lipinski definition) is 2. The SMILES string of the molecule is CC[C@H](C)[C@H](Nc1ccnc2cc(F)cnc12)C(=O)O. The third kappa shape index (κ3) is 2.84. The molecule has 2 aromatic rings. The summed E-state index contributed by atoms with van der Waals surface area (Å²) in [6, 6.07) is 2.19. The van der Waals surface area contributed by atoms with Crippen molar-refractivity contribution in [1.29, 1.82) is 0 Å². The minimum atomic E-state index is -0.925. The fourth-order valence-electron chi connectivity index (χ4n) is 1.97. The van der Waals surface area contributed by atoms with Gasteiger partial charge >= 0.3 is 5.97 Å². The molecule has 5 nitrogen and oxygen atoms in total. The zero-order valence-corrected chi connectivity index (χ0v) is 11.3. The summed E-state index contributed by atoms with van der Waals surface area (Å²) in [5.74, 6) is -1.44. The van der Waals surface area contributed by atoms with Crippen LogP contribution in [-0.4, -0.2) is 27.1 Å². The van der Waals surface area contributed by atoms with E-state index < -0.39 is 17.8 Å². The van der Waals surface area contributed by atoms with E-state index in [1.165, 1.54) is 12.3 Å². The van der Waals surface area contributed by atoms with Crippen molar-refractivity contribution in [3.8, 4) is 0 Å². The number of carboxylic acid groups (broad SMARTS) is 1. The van der Waals surface area contributed by atoms with Gasteiger partial charge in [-0.15, -0.1) is 0 Å². The normalized spacial score (nSPS) is 13.9. The Morgan fingerprint density at radius 3 is 2.90 bits per heavy atom. The van der Waals surface area contributed by atoms with Crippen molar-refractivity contribution in [2.45, 2.75) is 26.3 Å². The summed E-state index contributed by atoms with van der Waals surface area (Å²) in [7, 11) is 0. The summed E-state index contributed by atoms with van der Waals surface area (Å²) in [6.45, 7) is 3.79. The first kappa shape index (κ1) is 14.2. The third-order valence-electron chi connectivity index (χ3n) is 3.33. The van der Waals surface area contributed by atoms with Gasteiger partial charge < -0.3 is 10.4 Å². The summed E-state index contributed by atoms with van der Waals surface area (Å²) in [4.78, 5) is 19.4. The van der Waals surface area contributed by atoms with Crippen LogP contribution in [0, 0.1) is 11.7 Å². The average Bonchev–Trinajstić information content (AvgIpc) is 2.43. The van der Waals surface area contributed by atoms with E-state index >= 15 is 0 Å². The molecule has 6 heteroatoms. The van der Waals surface area contributed by atoms with Crippen molar-refractivity contribution in [1.82, 2.24) is 9.97 Å². The predicted molar refractivity (Wildman–Crippen MR) is 74.0 cm³/mol. The maximum Gasteiger partial charge on any atom is 0.326 e. The minimum absolute atomic E-state index is 0.0452. The van der Waals surface area contributed by atoms with Crippen LogP contribution in [0.25, 0.3) is 11.0 Å². The van der Waals surface area contributed by atoms with E-state index in [4.69, 9.17) is 0 Å². The molecular weight excluding hydrogens is 261 g/mol. The summed E-state index contributed by atoms with van der Waals surface area (Å²) in [5, 5.41) is 12.3. The molecule has 2 atom stereocenters. The minimum Gasteiger partial charge on any atom is -0.480 e. The van der Waals surface area contributed by atoms with Crippen LogP contribution in [0.2, 0.25) is 0 Å². The van der Waals surface area contributed by atoms with Crippen LogP contribution in [0.4, 0.5) is 10.1 Å². The second kappa shape index (κ2) is 5.81. The van der Waals surface area contributed by atoms with Gasteiger partial charge in [0.1, 0.15) is 17.4 Å². The molecule has 0 fully saturated rings. The molecule has 0 spiro atoms. The first-order chi connectivity index (χ1) is 9.52. The van der Waals surface area contributed by atoms with Crippen LogP contribution < -0.4 is 5.32 Å². The zero-order valence-electron chi connectivity index (χ0n) is 11.3. The molecule has 2 heterocycles. The van der Waals surface area contributed by atoms with E-state index in [0.717, 1.165) is 12.6 Å². The molecule has 0 radical (unpaired) electrons. The highest BCUT2D eigenvalue weighted by Gasteiger charge is 2.24. The number of rotatable bonds is 5. The van der Waals surface area contributed by atoms with Crippen molar-refractivity contribution >= 4 is 22.7 Å². The molecule has 0 amide bonds. The van der Waals surface area contributed by atoms with Crippen LogP contribution in [0.15, 0.2) is 24.5 Å². The quantitative estimate of drug-likeness (QED) is 0.878. The van der Waals surface area contributed by atoms with E-state index in [1.807, 2.05) is 13.8 Å². The monoisotopic (exact) mass is 277 g/mol. The van der Waals surface area contributed by atoms with E-state index in [1.54, 1.807) is 6.07 Å². The van der Waals surface area contributed by atoms with Gasteiger partial charge in [0.15, 0.2) is 0 Å². The van der Waals surface area contributed by atoms with E-state index in [2.05, 4.69) is 15.3 Å². The Bertz CT molecular complexity index is 633. The van der Waals surface area contributed by atoms with Gasteiger partial charge in [0.2, 0.25) is 0 Å². The molecule has 0 bridgehead atoms. The van der Waals surface area contributed by atoms with Crippen LogP contribution in [0.1, 0.15) is 20.3 Å². The maximum absolute atomic E-state index is 13.1. The number of carboxylic acids is 1. The summed E-state index contributed by atoms with van der Waals surface area (Å²) >= 11 is 0. The lowest BCUT2D eigenvalue weighted by atomic mass is 9.99. The summed E-state index contributed by atoms with van der Waals surface area (Å²) in [6.07, 6.45) is 3.32. The van der Waals surface area contributed by atoms with Crippen LogP contribution in [0.3, 0.4) is 0 Å². The fourth-order valence-corrected chi connectivity index (χ4v) is 1.97. The van der Waals surface area contributed by atoms with E-state index in [0.29, 0.717) is 16.7 Å². The fraction of sp³-hybridized carbons (Fsp3) is 0.357. The van der Waals surface area contributed by atoms with Crippen molar-refractivity contribution in [2.24, 2.45) is 5.92 Å². The summed E-state index contributed by atoms with van der Waals surface area (Å²) in [5.41, 5.74) is 1.40. The van der Waals surface area contributed by atoms with E-state index in [-0.39, 0.29) is 5.92 Å². The number of fused-ring (bicyclic) bond motifs is 1. The molecule has 0 unspecified atom stereocenters. The lowest BCUT2D eigenvalue weighted by Crippen LogP contribution is -2.35. The number of nitrogens with one attached hydrogen (secondary N) is 1. The first-order valence-electron chi connectivity index (χ1n) is 6.42. The van der Waals surface area contributed by atoms with Crippen molar-refractivity contribution in [3.63, 3.8) is 0 Å². The standard InChI is InChI=1S/C14H16FN3O2/c1-3-8(2)12(14(19)20)18-10-4-5-16-11-6-9(15)7-17-13(10)11/h4-8,12H,3H2,1-2H3,(H,16,18)(H,19,20)/t8-,12-/m0/s1. The number of aromatic nitrogens is 2. The Labute approximate surface area is 115 Å². The highest BCUT2D eigenvalue weighted by molar-refractivity contribution is 5.89. The zero-order chi connectivity index (χ0) is 14.7. The highest BCUT2D eigenvalue weighted by atomic mass is 19.1. The second-order valence-corrected chi connectivity index (χ2v) is 4.73. The number of hydrogen-bond acceptors (Lipinski definition) is 4. The Morgan fingerprint density at radius 1 is 1.50 bits per heavy atom. The molecule has 0 saturated heterocycles. The number of nitrogens with zero attached hydrogens (tertiary/aromatic N) is 2. The Morgan fingerprint density at radius 2 is 2.25 bits per heavy atom. The van der Waals surface area contributed by atoms with Gasteiger partial charge in [0.05, 0.1) is 17.4 Å². The number of aliphatic carboxylic acids is 1. The van der Waals surface area contributed by atoms with Crippen molar-refractivity contribution in [2.75, 3.05) is 5.32 Å². The number of halogens is 1. The Balaban J connectivity index is 2.40. The smallest absolute Gasteiger partial charge is 0.326 e. The molecular formula is C14H16FN3O2. The molecule has 0 aliphatic carbocycles. The maximum atomic E-state index is 13.1. The molecule has 0 aliphatic heterocycles. The lowest BCUT2D eigenvalue weighted by molar-refractivity contribution is -0.139. The van der Waals surface area contributed by atoms with Gasteiger partial charge in [0, 0.05) is 12.3 Å². The molecule has 2 N–H and O–H groups in total. The van der Waals surface area contributed by atoms with Crippen LogP contribution in [-0.2, 0) is 4.79 Å². The van der Waals surface area contributed by atoms with Crippen LogP contribution >= 0.6 is 0 Å². The molecule has 0 aliphatic rings. The number of carbonyl (C=O) groups is 1. The van der Waals surface area contributed by atoms with Gasteiger partial charge in [-0.2, -0.15) is 0 Å². The summed E-state index contributed by atoms with van der Waals surface area (Å²) < 4.78 is 13.1. The van der Waals surface area contributed by atoms with Crippen molar-refractivity contribution < 1.29 is 14.3 Å². The van der Waals surface area contributed by atoms with Crippen LogP contribution in [0.5, 0.6) is 0 Å². The van der Waals surface area contributed by atoms with Gasteiger partial charge in [-0.25, -0.2) is 14.2 Å².